The van der Waals surface area contributed by atoms with Crippen LogP contribution in [0.2, 0.25) is 0 Å². The van der Waals surface area contributed by atoms with Gasteiger partial charge in [0.1, 0.15) is 5.84 Å². The van der Waals surface area contributed by atoms with Crippen LogP contribution in [-0.4, -0.2) is 15.8 Å². The van der Waals surface area contributed by atoms with E-state index in [9.17, 15) is 4.79 Å². The number of hydrogen-bond acceptors (Lipinski definition) is 4. The fraction of sp³-hybridized carbons (Fsp3) is 0. The first kappa shape index (κ1) is 12.8. The molecular weight excluding hydrogens is 316 g/mol. The molecule has 0 radical (unpaired) electrons. The van der Waals surface area contributed by atoms with E-state index >= 15 is 0 Å². The maximum Gasteiger partial charge on any atom is 0.251 e. The number of H-pyrrole nitrogens is 1. The molecular formula is C11H9BrN4OS. The van der Waals surface area contributed by atoms with Crippen LogP contribution in [0.1, 0.15) is 5.56 Å². The average Bonchev–Trinajstić information content (AvgIpc) is 2.28. The number of nitrogens with one attached hydrogen (secondary N) is 2. The highest BCUT2D eigenvalue weighted by Crippen LogP contribution is 2.28. The zero-order chi connectivity index (χ0) is 13.1. The summed E-state index contributed by atoms with van der Waals surface area (Å²) in [6, 6.07) is 6.75. The zero-order valence-corrected chi connectivity index (χ0v) is 11.5. The van der Waals surface area contributed by atoms with Gasteiger partial charge in [-0.3, -0.25) is 10.2 Å². The van der Waals surface area contributed by atoms with Gasteiger partial charge in [-0.25, -0.2) is 4.98 Å². The molecule has 2 aromatic rings. The van der Waals surface area contributed by atoms with Gasteiger partial charge in [-0.1, -0.05) is 11.8 Å². The fourth-order valence-electron chi connectivity index (χ4n) is 1.29. The molecule has 0 aliphatic rings. The Morgan fingerprint density at radius 1 is 1.44 bits per heavy atom. The van der Waals surface area contributed by atoms with E-state index in [1.54, 1.807) is 6.07 Å². The fourth-order valence-corrected chi connectivity index (χ4v) is 2.84. The van der Waals surface area contributed by atoms with Crippen molar-refractivity contribution in [2.24, 2.45) is 5.73 Å². The molecule has 2 rings (SSSR count). The van der Waals surface area contributed by atoms with Crippen molar-refractivity contribution in [2.75, 3.05) is 0 Å². The van der Waals surface area contributed by atoms with Gasteiger partial charge in [0.05, 0.1) is 0 Å². The quantitative estimate of drug-likeness (QED) is 0.457. The van der Waals surface area contributed by atoms with E-state index in [0.717, 1.165) is 9.37 Å². The topological polar surface area (TPSA) is 95.6 Å². The molecule has 18 heavy (non-hydrogen) atoms. The van der Waals surface area contributed by atoms with Crippen LogP contribution in [0.4, 0.5) is 0 Å². The summed E-state index contributed by atoms with van der Waals surface area (Å²) in [4.78, 5) is 18.7. The van der Waals surface area contributed by atoms with E-state index < -0.39 is 0 Å². The minimum Gasteiger partial charge on any atom is -0.384 e. The van der Waals surface area contributed by atoms with Crippen LogP contribution in [0.3, 0.4) is 0 Å². The number of hydrogen-bond donors (Lipinski definition) is 3. The summed E-state index contributed by atoms with van der Waals surface area (Å²) in [6.07, 6.45) is 1.46. The predicted octanol–water partition coefficient (Wildman–Crippen LogP) is 1.97. The highest BCUT2D eigenvalue weighted by atomic mass is 79.9. The minimum absolute atomic E-state index is 0.00432. The van der Waals surface area contributed by atoms with Gasteiger partial charge in [-0.15, -0.1) is 0 Å². The molecule has 7 heteroatoms. The van der Waals surface area contributed by atoms with E-state index in [2.05, 4.69) is 25.9 Å². The molecule has 0 saturated carbocycles. The molecule has 92 valence electrons. The highest BCUT2D eigenvalue weighted by molar-refractivity contribution is 9.10. The summed E-state index contributed by atoms with van der Waals surface area (Å²) in [6.45, 7) is 0. The van der Waals surface area contributed by atoms with Crippen LogP contribution in [0.25, 0.3) is 0 Å². The molecule has 0 amide bonds. The average molecular weight is 325 g/mol. The number of nitrogen functional groups attached to an aromatic ring is 1. The lowest BCUT2D eigenvalue weighted by atomic mass is 10.2. The Hall–Kier alpha value is -1.60. The van der Waals surface area contributed by atoms with Gasteiger partial charge in [-0.05, 0) is 34.1 Å². The maximum atomic E-state index is 11.1. The summed E-state index contributed by atoms with van der Waals surface area (Å²) in [7, 11) is 0. The van der Waals surface area contributed by atoms with Crippen LogP contribution in [0.15, 0.2) is 49.8 Å². The molecule has 0 aliphatic heterocycles. The number of rotatable bonds is 3. The lowest BCUT2D eigenvalue weighted by Gasteiger charge is -2.05. The first-order chi connectivity index (χ1) is 8.56. The first-order valence-electron chi connectivity index (χ1n) is 4.93. The molecule has 0 aliphatic carbocycles. The van der Waals surface area contributed by atoms with Gasteiger partial charge >= 0.3 is 0 Å². The number of benzene rings is 1. The van der Waals surface area contributed by atoms with E-state index in [-0.39, 0.29) is 11.4 Å². The number of aromatic amines is 1. The molecule has 1 aromatic carbocycles. The monoisotopic (exact) mass is 324 g/mol. The summed E-state index contributed by atoms with van der Waals surface area (Å²) in [5.74, 6) is 0.00432. The standard InChI is InChI=1S/C11H9BrN4OS/c12-8-5-6(1-2-7(8)10(13)14)18-11-15-4-3-9(17)16-11/h1-5H,(H3,13,14)(H,15,16,17). The van der Waals surface area contributed by atoms with Gasteiger partial charge < -0.3 is 10.7 Å². The third-order valence-electron chi connectivity index (χ3n) is 2.09. The summed E-state index contributed by atoms with van der Waals surface area (Å²) >= 11 is 4.68. The van der Waals surface area contributed by atoms with E-state index in [4.69, 9.17) is 11.1 Å². The van der Waals surface area contributed by atoms with Gasteiger partial charge in [0.25, 0.3) is 5.56 Å². The lowest BCUT2D eigenvalue weighted by Crippen LogP contribution is -2.11. The van der Waals surface area contributed by atoms with Gasteiger partial charge in [-0.2, -0.15) is 0 Å². The van der Waals surface area contributed by atoms with Gasteiger partial charge in [0.2, 0.25) is 0 Å². The molecule has 0 bridgehead atoms. The number of nitrogens with two attached hydrogens (primary N) is 1. The summed E-state index contributed by atoms with van der Waals surface area (Å²) in [5.41, 5.74) is 5.87. The van der Waals surface area contributed by atoms with Crippen molar-refractivity contribution in [1.29, 1.82) is 5.41 Å². The van der Waals surface area contributed by atoms with Crippen LogP contribution in [0, 0.1) is 5.41 Å². The number of nitrogens with zero attached hydrogens (tertiary/aromatic N) is 1. The Balaban J connectivity index is 2.28. The summed E-state index contributed by atoms with van der Waals surface area (Å²) in [5, 5.41) is 7.90. The van der Waals surface area contributed by atoms with Crippen molar-refractivity contribution in [1.82, 2.24) is 9.97 Å². The van der Waals surface area contributed by atoms with Crippen molar-refractivity contribution in [3.63, 3.8) is 0 Å². The molecule has 5 nitrogen and oxygen atoms in total. The third-order valence-corrected chi connectivity index (χ3v) is 3.64. The minimum atomic E-state index is -0.188. The van der Waals surface area contributed by atoms with Crippen LogP contribution in [0.5, 0.6) is 0 Å². The van der Waals surface area contributed by atoms with Gasteiger partial charge in [0, 0.05) is 27.2 Å². The molecule has 0 unspecified atom stereocenters. The van der Waals surface area contributed by atoms with Crippen molar-refractivity contribution in [2.45, 2.75) is 10.1 Å². The first-order valence-corrected chi connectivity index (χ1v) is 6.54. The van der Waals surface area contributed by atoms with Crippen LogP contribution in [-0.2, 0) is 0 Å². The van der Waals surface area contributed by atoms with E-state index in [1.807, 2.05) is 12.1 Å². The number of halogens is 1. The van der Waals surface area contributed by atoms with Crippen molar-refractivity contribution in [3.05, 3.63) is 50.9 Å². The Morgan fingerprint density at radius 3 is 2.83 bits per heavy atom. The summed E-state index contributed by atoms with van der Waals surface area (Å²) < 4.78 is 0.735. The number of aromatic nitrogens is 2. The zero-order valence-electron chi connectivity index (χ0n) is 9.11. The van der Waals surface area contributed by atoms with Crippen molar-refractivity contribution >= 4 is 33.5 Å². The normalized spacial score (nSPS) is 10.3. The second-order valence-corrected chi connectivity index (χ2v) is 5.31. The van der Waals surface area contributed by atoms with Gasteiger partial charge in [0.15, 0.2) is 5.16 Å². The van der Waals surface area contributed by atoms with Crippen molar-refractivity contribution in [3.8, 4) is 0 Å². The van der Waals surface area contributed by atoms with E-state index in [1.165, 1.54) is 24.0 Å². The molecule has 1 heterocycles. The SMILES string of the molecule is N=C(N)c1ccc(Sc2nccc(=O)[nH]2)cc1Br. The third kappa shape index (κ3) is 2.99. The second kappa shape index (κ2) is 5.36. The Kier molecular flexibility index (Phi) is 3.83. The molecule has 4 N–H and O–H groups in total. The Labute approximate surface area is 115 Å². The predicted molar refractivity (Wildman–Crippen MR) is 74.1 cm³/mol. The van der Waals surface area contributed by atoms with Crippen LogP contribution < -0.4 is 11.3 Å². The molecule has 0 spiro atoms. The lowest BCUT2D eigenvalue weighted by molar-refractivity contribution is 0.936. The molecule has 0 saturated heterocycles. The highest BCUT2D eigenvalue weighted by Gasteiger charge is 2.06. The Bertz CT molecular complexity index is 655. The molecule has 1 aromatic heterocycles. The number of amidine groups is 1. The molecule has 0 fully saturated rings. The Morgan fingerprint density at radius 2 is 2.22 bits per heavy atom. The van der Waals surface area contributed by atoms with E-state index in [0.29, 0.717) is 10.7 Å². The maximum absolute atomic E-state index is 11.1. The molecule has 0 atom stereocenters. The largest absolute Gasteiger partial charge is 0.384 e. The van der Waals surface area contributed by atoms with Crippen LogP contribution >= 0.6 is 27.7 Å². The second-order valence-electron chi connectivity index (χ2n) is 3.40. The smallest absolute Gasteiger partial charge is 0.251 e. The van der Waals surface area contributed by atoms with Crippen molar-refractivity contribution < 1.29 is 0 Å².